The van der Waals surface area contributed by atoms with E-state index in [-0.39, 0.29) is 12.0 Å². The van der Waals surface area contributed by atoms with Gasteiger partial charge in [-0.1, -0.05) is 23.7 Å². The first-order valence-electron chi connectivity index (χ1n) is 7.14. The number of aromatic nitrogens is 2. The second-order valence-corrected chi connectivity index (χ2v) is 5.96. The number of esters is 1. The van der Waals surface area contributed by atoms with E-state index < -0.39 is 0 Å². The molecule has 0 amide bonds. The predicted octanol–water partition coefficient (Wildman–Crippen LogP) is 2.17. The van der Waals surface area contributed by atoms with E-state index in [1.54, 1.807) is 6.33 Å². The maximum absolute atomic E-state index is 12.1. The van der Waals surface area contributed by atoms with Crippen molar-refractivity contribution in [1.82, 2.24) is 14.5 Å². The van der Waals surface area contributed by atoms with E-state index in [0.29, 0.717) is 24.5 Å². The summed E-state index contributed by atoms with van der Waals surface area (Å²) < 4.78 is 6.97. The van der Waals surface area contributed by atoms with Crippen LogP contribution in [0.15, 0.2) is 30.6 Å². The molecule has 116 valence electrons. The molecule has 0 unspecified atom stereocenters. The number of carbonyl (C=O) groups excluding carboxylic acids is 1. The number of methoxy groups -OCH3 is 1. The fourth-order valence-corrected chi connectivity index (χ4v) is 2.98. The van der Waals surface area contributed by atoms with Crippen molar-refractivity contribution in [2.24, 2.45) is 7.05 Å². The van der Waals surface area contributed by atoms with E-state index in [0.717, 1.165) is 17.0 Å². The first-order chi connectivity index (χ1) is 10.6. The van der Waals surface area contributed by atoms with Gasteiger partial charge in [-0.25, -0.2) is 4.98 Å². The molecule has 22 heavy (non-hydrogen) atoms. The van der Waals surface area contributed by atoms with Gasteiger partial charge in [-0.3, -0.25) is 9.69 Å². The maximum Gasteiger partial charge on any atom is 0.323 e. The number of halogens is 1. The number of aryl methyl sites for hydroxylation is 1. The number of nitrogens with zero attached hydrogens (tertiary/aromatic N) is 3. The number of hydrogen-bond donors (Lipinski definition) is 0. The molecular weight excluding hydrogens is 302 g/mol. The topological polar surface area (TPSA) is 47.4 Å². The molecule has 0 saturated carbocycles. The molecule has 0 radical (unpaired) electrons. The highest BCUT2D eigenvalue weighted by Crippen LogP contribution is 2.25. The predicted molar refractivity (Wildman–Crippen MR) is 83.4 cm³/mol. The molecule has 1 aromatic carbocycles. The molecule has 0 spiro atoms. The zero-order valence-electron chi connectivity index (χ0n) is 12.6. The van der Waals surface area contributed by atoms with Crippen molar-refractivity contribution in [2.45, 2.75) is 25.6 Å². The third-order valence-corrected chi connectivity index (χ3v) is 4.35. The summed E-state index contributed by atoms with van der Waals surface area (Å²) in [6.45, 7) is 1.34. The van der Waals surface area contributed by atoms with Gasteiger partial charge < -0.3 is 9.30 Å². The van der Waals surface area contributed by atoms with Crippen LogP contribution >= 0.6 is 11.6 Å². The molecule has 0 saturated heterocycles. The van der Waals surface area contributed by atoms with Gasteiger partial charge in [-0.05, 0) is 17.7 Å². The van der Waals surface area contributed by atoms with Gasteiger partial charge in [0.25, 0.3) is 0 Å². The Morgan fingerprint density at radius 3 is 2.82 bits per heavy atom. The first kappa shape index (κ1) is 15.1. The van der Waals surface area contributed by atoms with Crippen molar-refractivity contribution < 1.29 is 9.53 Å². The summed E-state index contributed by atoms with van der Waals surface area (Å²) in [4.78, 5) is 18.6. The Kier molecular flexibility index (Phi) is 4.18. The molecule has 0 N–H and O–H groups in total. The summed E-state index contributed by atoms with van der Waals surface area (Å²) in [6.07, 6.45) is 2.38. The van der Waals surface area contributed by atoms with Crippen LogP contribution in [0.5, 0.6) is 0 Å². The number of rotatable bonds is 3. The Morgan fingerprint density at radius 2 is 2.14 bits per heavy atom. The fraction of sp³-hybridized carbons (Fsp3) is 0.375. The summed E-state index contributed by atoms with van der Waals surface area (Å²) in [5, 5.41) is 0.709. The highest BCUT2D eigenvalue weighted by atomic mass is 35.5. The monoisotopic (exact) mass is 319 g/mol. The van der Waals surface area contributed by atoms with Crippen molar-refractivity contribution in [1.29, 1.82) is 0 Å². The zero-order valence-corrected chi connectivity index (χ0v) is 13.4. The molecule has 1 aromatic heterocycles. The summed E-state index contributed by atoms with van der Waals surface area (Å²) in [5.74, 6) is -0.217. The second kappa shape index (κ2) is 6.10. The number of carbonyl (C=O) groups is 1. The molecule has 1 aliphatic heterocycles. The summed E-state index contributed by atoms with van der Waals surface area (Å²) >= 11 is 5.93. The quantitative estimate of drug-likeness (QED) is 0.814. The third kappa shape index (κ3) is 2.87. The smallest absolute Gasteiger partial charge is 0.323 e. The molecule has 0 fully saturated rings. The molecule has 5 nitrogen and oxygen atoms in total. The molecule has 0 aliphatic carbocycles. The summed E-state index contributed by atoms with van der Waals surface area (Å²) in [6, 6.07) is 7.39. The largest absolute Gasteiger partial charge is 0.468 e. The van der Waals surface area contributed by atoms with Gasteiger partial charge in [0, 0.05) is 31.6 Å². The minimum Gasteiger partial charge on any atom is -0.468 e. The Hall–Kier alpha value is -1.85. The SMILES string of the molecule is COC(=O)[C@@H]1Cc2ncn(C)c2CN1Cc1ccc(Cl)cc1. The molecule has 1 atom stereocenters. The van der Waals surface area contributed by atoms with Crippen LogP contribution in [-0.4, -0.2) is 33.6 Å². The fourth-order valence-electron chi connectivity index (χ4n) is 2.85. The maximum atomic E-state index is 12.1. The van der Waals surface area contributed by atoms with Crippen LogP contribution in [0.25, 0.3) is 0 Å². The van der Waals surface area contributed by atoms with Crippen molar-refractivity contribution in [3.63, 3.8) is 0 Å². The van der Waals surface area contributed by atoms with E-state index in [1.165, 1.54) is 7.11 Å². The highest BCUT2D eigenvalue weighted by Gasteiger charge is 2.34. The standard InChI is InChI=1S/C16H18ClN3O2/c1-19-10-18-13-7-14(16(21)22-2)20(9-15(13)19)8-11-3-5-12(17)6-4-11/h3-6,10,14H,7-9H2,1-2H3/t14-/m0/s1. The molecule has 6 heteroatoms. The van der Waals surface area contributed by atoms with Gasteiger partial charge >= 0.3 is 5.97 Å². The van der Waals surface area contributed by atoms with Gasteiger partial charge in [-0.2, -0.15) is 0 Å². The second-order valence-electron chi connectivity index (χ2n) is 5.52. The Bertz CT molecular complexity index is 681. The van der Waals surface area contributed by atoms with Crippen molar-refractivity contribution in [3.05, 3.63) is 52.6 Å². The molecular formula is C16H18ClN3O2. The normalized spacial score (nSPS) is 18.0. The lowest BCUT2D eigenvalue weighted by Crippen LogP contribution is -2.46. The minimum atomic E-state index is -0.303. The molecule has 1 aliphatic rings. The minimum absolute atomic E-state index is 0.217. The molecule has 0 bridgehead atoms. The lowest BCUT2D eigenvalue weighted by Gasteiger charge is -2.33. The lowest BCUT2D eigenvalue weighted by molar-refractivity contribution is -0.148. The Labute approximate surface area is 134 Å². The van der Waals surface area contributed by atoms with Gasteiger partial charge in [0.1, 0.15) is 6.04 Å². The van der Waals surface area contributed by atoms with Crippen LogP contribution in [-0.2, 0) is 36.1 Å². The summed E-state index contributed by atoms with van der Waals surface area (Å²) in [7, 11) is 3.40. The first-order valence-corrected chi connectivity index (χ1v) is 7.51. The average molecular weight is 320 g/mol. The van der Waals surface area contributed by atoms with Gasteiger partial charge in [0.2, 0.25) is 0 Å². The summed E-state index contributed by atoms with van der Waals surface area (Å²) in [5.41, 5.74) is 3.24. The van der Waals surface area contributed by atoms with Crippen LogP contribution in [0.4, 0.5) is 0 Å². The van der Waals surface area contributed by atoms with E-state index >= 15 is 0 Å². The van der Waals surface area contributed by atoms with Crippen LogP contribution < -0.4 is 0 Å². The van der Waals surface area contributed by atoms with Crippen LogP contribution in [0.1, 0.15) is 17.0 Å². The van der Waals surface area contributed by atoms with Gasteiger partial charge in [-0.15, -0.1) is 0 Å². The molecule has 2 aromatic rings. The number of imidazole rings is 1. The highest BCUT2D eigenvalue weighted by molar-refractivity contribution is 6.30. The lowest BCUT2D eigenvalue weighted by atomic mass is 10.0. The number of fused-ring (bicyclic) bond motifs is 1. The van der Waals surface area contributed by atoms with Crippen molar-refractivity contribution in [2.75, 3.05) is 7.11 Å². The van der Waals surface area contributed by atoms with E-state index in [9.17, 15) is 4.79 Å². The van der Waals surface area contributed by atoms with Crippen molar-refractivity contribution in [3.8, 4) is 0 Å². The number of hydrogen-bond acceptors (Lipinski definition) is 4. The van der Waals surface area contributed by atoms with Gasteiger partial charge in [0.15, 0.2) is 0 Å². The number of ether oxygens (including phenoxy) is 1. The third-order valence-electron chi connectivity index (χ3n) is 4.10. The van der Waals surface area contributed by atoms with E-state index in [4.69, 9.17) is 16.3 Å². The Balaban J connectivity index is 1.87. The molecule has 2 heterocycles. The van der Waals surface area contributed by atoms with Crippen molar-refractivity contribution >= 4 is 17.6 Å². The van der Waals surface area contributed by atoms with Crippen LogP contribution in [0, 0.1) is 0 Å². The Morgan fingerprint density at radius 1 is 1.41 bits per heavy atom. The van der Waals surface area contributed by atoms with E-state index in [1.807, 2.05) is 35.9 Å². The average Bonchev–Trinajstić information content (AvgIpc) is 2.89. The van der Waals surface area contributed by atoms with Crippen LogP contribution in [0.3, 0.4) is 0 Å². The van der Waals surface area contributed by atoms with Crippen LogP contribution in [0.2, 0.25) is 5.02 Å². The number of benzene rings is 1. The van der Waals surface area contributed by atoms with Gasteiger partial charge in [0.05, 0.1) is 24.8 Å². The molecule has 3 rings (SSSR count). The van der Waals surface area contributed by atoms with E-state index in [2.05, 4.69) is 9.88 Å². The zero-order chi connectivity index (χ0) is 15.7.